The summed E-state index contributed by atoms with van der Waals surface area (Å²) in [4.78, 5) is 36.2. The zero-order valence-corrected chi connectivity index (χ0v) is 20.5. The Morgan fingerprint density at radius 1 is 1.09 bits per heavy atom. The number of thiazole rings is 1. The van der Waals surface area contributed by atoms with E-state index in [1.54, 1.807) is 0 Å². The lowest BCUT2D eigenvalue weighted by Crippen LogP contribution is -2.45. The number of hydrogen-bond acceptors (Lipinski definition) is 10. The number of benzene rings is 1. The normalized spacial score (nSPS) is 16.7. The van der Waals surface area contributed by atoms with Gasteiger partial charge in [0, 0.05) is 48.8 Å². The second kappa shape index (κ2) is 9.74. The fourth-order valence-corrected chi connectivity index (χ4v) is 5.06. The maximum atomic E-state index is 12.1. The van der Waals surface area contributed by atoms with Crippen molar-refractivity contribution in [1.82, 2.24) is 24.8 Å². The lowest BCUT2D eigenvalue weighted by Gasteiger charge is -2.32. The third-order valence-corrected chi connectivity index (χ3v) is 7.52. The summed E-state index contributed by atoms with van der Waals surface area (Å²) in [5.41, 5.74) is 2.03. The lowest BCUT2D eigenvalue weighted by atomic mass is 10.1. The molecule has 172 valence electrons. The van der Waals surface area contributed by atoms with Crippen LogP contribution in [-0.2, 0) is 11.2 Å². The van der Waals surface area contributed by atoms with Gasteiger partial charge in [0.15, 0.2) is 10.3 Å². The maximum absolute atomic E-state index is 12.1. The monoisotopic (exact) mass is 481 g/mol. The molecule has 33 heavy (non-hydrogen) atoms. The molecule has 0 unspecified atom stereocenters. The molecule has 1 aromatic carbocycles. The van der Waals surface area contributed by atoms with E-state index in [0.717, 1.165) is 60.3 Å². The molecule has 2 fully saturated rings. The van der Waals surface area contributed by atoms with Crippen LogP contribution in [0.25, 0.3) is 0 Å². The number of Topliss-reactive ketones (excluding diaryl/α,β-unsaturated/α-hetero) is 1. The second-order valence-corrected chi connectivity index (χ2v) is 10.5. The molecule has 1 N–H and O–H groups in total. The van der Waals surface area contributed by atoms with Crippen molar-refractivity contribution in [3.05, 3.63) is 40.9 Å². The zero-order chi connectivity index (χ0) is 22.8. The number of aryl methyl sites for hydroxylation is 1. The number of likely N-dealkylation sites (N-methyl/N-ethyl adjacent to an activating group) is 1. The van der Waals surface area contributed by atoms with Gasteiger partial charge in [0.1, 0.15) is 5.78 Å². The molecule has 1 aliphatic heterocycles. The second-order valence-electron chi connectivity index (χ2n) is 8.61. The molecule has 5 rings (SSSR count). The minimum absolute atomic E-state index is 0.296. The number of carbonyl (C=O) groups excluding carboxylic acids is 1. The van der Waals surface area contributed by atoms with E-state index in [1.807, 2.05) is 36.6 Å². The Bertz CT molecular complexity index is 1120. The predicted molar refractivity (Wildman–Crippen MR) is 132 cm³/mol. The lowest BCUT2D eigenvalue weighted by molar-refractivity contribution is -0.119. The summed E-state index contributed by atoms with van der Waals surface area (Å²) in [5, 5.41) is 6.64. The molecule has 2 aliphatic rings. The number of hydrogen-bond donors (Lipinski definition) is 1. The molecule has 0 amide bonds. The number of aromatic nitrogens is 4. The summed E-state index contributed by atoms with van der Waals surface area (Å²) in [5.74, 6) is 1.84. The number of carbonyl (C=O) groups is 1. The summed E-state index contributed by atoms with van der Waals surface area (Å²) < 4.78 is 0. The van der Waals surface area contributed by atoms with Crippen LogP contribution >= 0.6 is 23.1 Å². The molecule has 3 aromatic rings. The topological polar surface area (TPSA) is 87.1 Å². The van der Waals surface area contributed by atoms with Crippen LogP contribution < -0.4 is 10.2 Å². The summed E-state index contributed by atoms with van der Waals surface area (Å²) in [6, 6.07) is 8.14. The average molecular weight is 482 g/mol. The first-order valence-electron chi connectivity index (χ1n) is 11.2. The molecule has 1 aliphatic carbocycles. The fourth-order valence-electron chi connectivity index (χ4n) is 3.63. The fraction of sp³-hybridized carbons (Fsp3) is 0.435. The van der Waals surface area contributed by atoms with Crippen LogP contribution in [0.15, 0.2) is 39.7 Å². The van der Waals surface area contributed by atoms with Crippen molar-refractivity contribution in [1.29, 1.82) is 0 Å². The Kier molecular flexibility index (Phi) is 6.57. The van der Waals surface area contributed by atoms with E-state index in [1.165, 1.54) is 23.1 Å². The first kappa shape index (κ1) is 22.2. The number of nitrogens with zero attached hydrogens (tertiary/aromatic N) is 6. The minimum atomic E-state index is 0.296. The Balaban J connectivity index is 1.35. The summed E-state index contributed by atoms with van der Waals surface area (Å²) in [6.07, 6.45) is 2.63. The van der Waals surface area contributed by atoms with Crippen LogP contribution in [0.5, 0.6) is 0 Å². The Labute approximate surface area is 201 Å². The zero-order valence-electron chi connectivity index (χ0n) is 18.8. The van der Waals surface area contributed by atoms with Crippen LogP contribution in [0.4, 0.5) is 17.0 Å². The quantitative estimate of drug-likeness (QED) is 0.516. The summed E-state index contributed by atoms with van der Waals surface area (Å²) in [6.45, 7) is 5.68. The van der Waals surface area contributed by atoms with Crippen LogP contribution in [0.3, 0.4) is 0 Å². The van der Waals surface area contributed by atoms with Crippen molar-refractivity contribution in [2.45, 2.75) is 36.2 Å². The highest BCUT2D eigenvalue weighted by molar-refractivity contribution is 7.99. The molecule has 3 heterocycles. The minimum Gasteiger partial charge on any atom is -0.338 e. The molecule has 10 heteroatoms. The molecule has 1 saturated carbocycles. The van der Waals surface area contributed by atoms with Gasteiger partial charge < -0.3 is 9.80 Å². The van der Waals surface area contributed by atoms with Crippen molar-refractivity contribution in [3.8, 4) is 0 Å². The number of ketones is 1. The highest BCUT2D eigenvalue weighted by Gasteiger charge is 2.29. The van der Waals surface area contributed by atoms with Crippen molar-refractivity contribution >= 4 is 45.9 Å². The highest BCUT2D eigenvalue weighted by atomic mass is 32.2. The average Bonchev–Trinajstić information content (AvgIpc) is 3.58. The third-order valence-electron chi connectivity index (χ3n) is 5.77. The molecule has 2 aromatic heterocycles. The summed E-state index contributed by atoms with van der Waals surface area (Å²) >= 11 is 3.03. The van der Waals surface area contributed by atoms with E-state index in [-0.39, 0.29) is 0 Å². The van der Waals surface area contributed by atoms with E-state index in [0.29, 0.717) is 35.2 Å². The van der Waals surface area contributed by atoms with Crippen LogP contribution in [0, 0.1) is 12.8 Å². The van der Waals surface area contributed by atoms with E-state index in [9.17, 15) is 4.79 Å². The molecular weight excluding hydrogens is 454 g/mol. The van der Waals surface area contributed by atoms with E-state index in [2.05, 4.69) is 37.1 Å². The Hall–Kier alpha value is -2.56. The smallest absolute Gasteiger partial charge is 0.234 e. The van der Waals surface area contributed by atoms with Gasteiger partial charge in [0.2, 0.25) is 11.9 Å². The van der Waals surface area contributed by atoms with Gasteiger partial charge in [-0.05, 0) is 56.3 Å². The van der Waals surface area contributed by atoms with Crippen molar-refractivity contribution in [2.24, 2.45) is 5.92 Å². The molecule has 1 saturated heterocycles. The van der Waals surface area contributed by atoms with Crippen molar-refractivity contribution in [3.63, 3.8) is 0 Å². The number of anilines is 3. The highest BCUT2D eigenvalue weighted by Crippen LogP contribution is 2.32. The first-order chi connectivity index (χ1) is 16.0. The van der Waals surface area contributed by atoms with Crippen LogP contribution in [0.2, 0.25) is 0 Å². The predicted octanol–water partition coefficient (Wildman–Crippen LogP) is 3.80. The molecular formula is C23H27N7OS2. The van der Waals surface area contributed by atoms with Gasteiger partial charge in [0.25, 0.3) is 0 Å². The van der Waals surface area contributed by atoms with E-state index in [4.69, 9.17) is 4.98 Å². The van der Waals surface area contributed by atoms with Gasteiger partial charge in [0.05, 0.1) is 5.69 Å². The molecule has 0 radical (unpaired) electrons. The van der Waals surface area contributed by atoms with Crippen LogP contribution in [0.1, 0.15) is 24.1 Å². The molecule has 0 bridgehead atoms. The van der Waals surface area contributed by atoms with Gasteiger partial charge in [-0.25, -0.2) is 4.98 Å². The van der Waals surface area contributed by atoms with Crippen molar-refractivity contribution in [2.75, 3.05) is 43.4 Å². The number of piperazine rings is 1. The van der Waals surface area contributed by atoms with E-state index < -0.39 is 0 Å². The standard InChI is InChI=1S/C23H27N7OS2/c1-15-14-32-22(24-15)26-20-25-21(30-11-9-29(2)10-12-30)28-23(27-20)33-18-7-3-16(4-8-18)13-19(31)17-5-6-17/h3-4,7-8,14,17H,5-6,9-13H2,1-2H3,(H,24,25,26,27,28). The number of nitrogens with one attached hydrogen (secondary N) is 1. The third kappa shape index (κ3) is 5.87. The molecule has 8 nitrogen and oxygen atoms in total. The van der Waals surface area contributed by atoms with E-state index >= 15 is 0 Å². The maximum Gasteiger partial charge on any atom is 0.234 e. The Morgan fingerprint density at radius 2 is 1.85 bits per heavy atom. The summed E-state index contributed by atoms with van der Waals surface area (Å²) in [7, 11) is 2.13. The number of rotatable bonds is 8. The van der Waals surface area contributed by atoms with Gasteiger partial charge in [-0.1, -0.05) is 12.1 Å². The first-order valence-corrected chi connectivity index (χ1v) is 12.9. The van der Waals surface area contributed by atoms with Gasteiger partial charge in [-0.2, -0.15) is 15.0 Å². The van der Waals surface area contributed by atoms with Crippen LogP contribution in [-0.4, -0.2) is 63.8 Å². The van der Waals surface area contributed by atoms with Gasteiger partial charge >= 0.3 is 0 Å². The van der Waals surface area contributed by atoms with Gasteiger partial charge in [-0.15, -0.1) is 11.3 Å². The molecule has 0 spiro atoms. The SMILES string of the molecule is Cc1csc(Nc2nc(Sc3ccc(CC(=O)C4CC4)cc3)nc(N3CCN(C)CC3)n2)n1. The van der Waals surface area contributed by atoms with Gasteiger partial charge in [-0.3, -0.25) is 10.1 Å². The van der Waals surface area contributed by atoms with Crippen molar-refractivity contribution < 1.29 is 4.79 Å². The Morgan fingerprint density at radius 3 is 2.52 bits per heavy atom. The largest absolute Gasteiger partial charge is 0.338 e. The molecule has 0 atom stereocenters.